The lowest BCUT2D eigenvalue weighted by molar-refractivity contribution is -0.121. The molecule has 1 aliphatic carbocycles. The van der Waals surface area contributed by atoms with Gasteiger partial charge in [0.1, 0.15) is 5.76 Å². The van der Waals surface area contributed by atoms with Crippen molar-refractivity contribution in [3.05, 3.63) is 11.3 Å². The van der Waals surface area contributed by atoms with Crippen molar-refractivity contribution in [3.8, 4) is 0 Å². The fourth-order valence-electron chi connectivity index (χ4n) is 2.86. The first-order chi connectivity index (χ1) is 7.34. The zero-order chi connectivity index (χ0) is 12.0. The quantitative estimate of drug-likeness (QED) is 0.745. The average molecular weight is 224 g/mol. The molecule has 0 aromatic rings. The number of aliphatic hydroxyl groups is 1. The number of allylic oxidation sites excluding steroid dienone is 1. The van der Waals surface area contributed by atoms with E-state index >= 15 is 0 Å². The van der Waals surface area contributed by atoms with Crippen LogP contribution in [0.15, 0.2) is 11.3 Å². The summed E-state index contributed by atoms with van der Waals surface area (Å²) in [6, 6.07) is 0. The van der Waals surface area contributed by atoms with Gasteiger partial charge in [0.15, 0.2) is 5.78 Å². The molecule has 3 heteroatoms. The Balaban J connectivity index is 2.36. The molecule has 2 aliphatic rings. The topological polar surface area (TPSA) is 46.5 Å². The molecule has 1 saturated heterocycles. The van der Waals surface area contributed by atoms with Crippen molar-refractivity contribution in [2.45, 2.75) is 52.1 Å². The molecule has 1 aliphatic heterocycles. The van der Waals surface area contributed by atoms with Crippen LogP contribution in [0.5, 0.6) is 0 Å². The molecule has 1 unspecified atom stereocenters. The first-order valence-electron chi connectivity index (χ1n) is 5.94. The number of rotatable bonds is 1. The number of hydrogen-bond donors (Lipinski definition) is 1. The van der Waals surface area contributed by atoms with Crippen LogP contribution in [0.4, 0.5) is 0 Å². The molecule has 0 spiro atoms. The van der Waals surface area contributed by atoms with E-state index in [9.17, 15) is 9.90 Å². The summed E-state index contributed by atoms with van der Waals surface area (Å²) in [7, 11) is 0. The molecule has 1 heterocycles. The molecule has 0 saturated carbocycles. The maximum Gasteiger partial charge on any atom is 0.165 e. The second-order valence-electron chi connectivity index (χ2n) is 5.95. The van der Waals surface area contributed by atoms with Crippen LogP contribution < -0.4 is 0 Å². The Bertz CT molecular complexity index is 346. The van der Waals surface area contributed by atoms with Crippen molar-refractivity contribution >= 4 is 5.78 Å². The molecule has 1 fully saturated rings. The minimum atomic E-state index is -0.544. The van der Waals surface area contributed by atoms with Crippen molar-refractivity contribution in [3.63, 3.8) is 0 Å². The van der Waals surface area contributed by atoms with Crippen molar-refractivity contribution in [1.82, 2.24) is 0 Å². The van der Waals surface area contributed by atoms with Crippen molar-refractivity contribution in [2.75, 3.05) is 6.61 Å². The Morgan fingerprint density at radius 3 is 2.44 bits per heavy atom. The van der Waals surface area contributed by atoms with Gasteiger partial charge >= 0.3 is 0 Å². The minimum absolute atomic E-state index is 0.0538. The monoisotopic (exact) mass is 224 g/mol. The van der Waals surface area contributed by atoms with E-state index in [1.54, 1.807) is 0 Å². The van der Waals surface area contributed by atoms with Crippen LogP contribution in [0.1, 0.15) is 46.5 Å². The van der Waals surface area contributed by atoms with Gasteiger partial charge in [-0.25, -0.2) is 0 Å². The highest BCUT2D eigenvalue weighted by Crippen LogP contribution is 2.43. The predicted octanol–water partition coefficient (Wildman–Crippen LogP) is 2.76. The van der Waals surface area contributed by atoms with Gasteiger partial charge in [0, 0.05) is 19.4 Å². The summed E-state index contributed by atoms with van der Waals surface area (Å²) < 4.78 is 5.65. The van der Waals surface area contributed by atoms with Gasteiger partial charge in [0.05, 0.1) is 11.2 Å². The maximum atomic E-state index is 12.1. The molecule has 0 aromatic heterocycles. The van der Waals surface area contributed by atoms with Crippen LogP contribution in [0.3, 0.4) is 0 Å². The van der Waals surface area contributed by atoms with Gasteiger partial charge in [-0.1, -0.05) is 13.8 Å². The Labute approximate surface area is 96.5 Å². The Kier molecular flexibility index (Phi) is 2.61. The standard InChI is InChI=1S/C13H20O3/c1-12(2)7-9(14)11(10(15)8-12)13(3)5-4-6-16-13/h14H,4-8H2,1-3H3. The lowest BCUT2D eigenvalue weighted by Gasteiger charge is -2.35. The summed E-state index contributed by atoms with van der Waals surface area (Å²) in [4.78, 5) is 12.1. The fourth-order valence-corrected chi connectivity index (χ4v) is 2.86. The summed E-state index contributed by atoms with van der Waals surface area (Å²) >= 11 is 0. The van der Waals surface area contributed by atoms with Crippen molar-refractivity contribution < 1.29 is 14.6 Å². The Morgan fingerprint density at radius 2 is 1.94 bits per heavy atom. The number of aliphatic hydroxyl groups excluding tert-OH is 1. The second-order valence-corrected chi connectivity index (χ2v) is 5.95. The molecular weight excluding hydrogens is 204 g/mol. The third-order valence-electron chi connectivity index (χ3n) is 3.60. The van der Waals surface area contributed by atoms with Gasteiger partial charge in [-0.05, 0) is 25.2 Å². The molecule has 16 heavy (non-hydrogen) atoms. The number of Topliss-reactive ketones (excluding diaryl/α,β-unsaturated/α-hetero) is 1. The van der Waals surface area contributed by atoms with Crippen molar-refractivity contribution in [1.29, 1.82) is 0 Å². The largest absolute Gasteiger partial charge is 0.512 e. The highest BCUT2D eigenvalue weighted by Gasteiger charge is 2.44. The van der Waals surface area contributed by atoms with E-state index < -0.39 is 5.60 Å². The number of carbonyl (C=O) groups excluding carboxylic acids is 1. The van der Waals surface area contributed by atoms with E-state index in [1.165, 1.54) is 0 Å². The fraction of sp³-hybridized carbons (Fsp3) is 0.769. The smallest absolute Gasteiger partial charge is 0.165 e. The summed E-state index contributed by atoms with van der Waals surface area (Å²) in [5.41, 5.74) is -0.138. The normalized spacial score (nSPS) is 34.6. The lowest BCUT2D eigenvalue weighted by Crippen LogP contribution is -2.37. The van der Waals surface area contributed by atoms with E-state index in [4.69, 9.17) is 4.74 Å². The van der Waals surface area contributed by atoms with Crippen LogP contribution >= 0.6 is 0 Å². The molecule has 1 atom stereocenters. The van der Waals surface area contributed by atoms with Crippen LogP contribution in [0.2, 0.25) is 0 Å². The van der Waals surface area contributed by atoms with E-state index in [1.807, 2.05) is 20.8 Å². The summed E-state index contributed by atoms with van der Waals surface area (Å²) in [5.74, 6) is 0.295. The number of ether oxygens (including phenoxy) is 1. The molecule has 0 amide bonds. The lowest BCUT2D eigenvalue weighted by atomic mass is 9.72. The maximum absolute atomic E-state index is 12.1. The first kappa shape index (κ1) is 11.6. The molecule has 3 nitrogen and oxygen atoms in total. The molecule has 2 rings (SSSR count). The van der Waals surface area contributed by atoms with Gasteiger partial charge in [-0.15, -0.1) is 0 Å². The van der Waals surface area contributed by atoms with Gasteiger partial charge in [-0.3, -0.25) is 4.79 Å². The van der Waals surface area contributed by atoms with Crippen molar-refractivity contribution in [2.24, 2.45) is 5.41 Å². The third-order valence-corrected chi connectivity index (χ3v) is 3.60. The number of ketones is 1. The van der Waals surface area contributed by atoms with Gasteiger partial charge in [0.25, 0.3) is 0 Å². The van der Waals surface area contributed by atoms with Crippen LogP contribution in [0.25, 0.3) is 0 Å². The van der Waals surface area contributed by atoms with Crippen LogP contribution in [-0.2, 0) is 9.53 Å². The highest BCUT2D eigenvalue weighted by molar-refractivity contribution is 5.99. The van der Waals surface area contributed by atoms with Crippen LogP contribution in [0, 0.1) is 5.41 Å². The average Bonchev–Trinajstić information content (AvgIpc) is 2.48. The zero-order valence-electron chi connectivity index (χ0n) is 10.3. The summed E-state index contributed by atoms with van der Waals surface area (Å²) in [6.07, 6.45) is 2.88. The first-order valence-corrected chi connectivity index (χ1v) is 5.94. The predicted molar refractivity (Wildman–Crippen MR) is 61.3 cm³/mol. The summed E-state index contributed by atoms with van der Waals surface area (Å²) in [5, 5.41) is 10.1. The molecule has 0 radical (unpaired) electrons. The summed E-state index contributed by atoms with van der Waals surface area (Å²) in [6.45, 7) is 6.62. The molecule has 0 aromatic carbocycles. The van der Waals surface area contributed by atoms with Gasteiger partial charge < -0.3 is 9.84 Å². The molecule has 90 valence electrons. The second kappa shape index (κ2) is 3.59. The van der Waals surface area contributed by atoms with E-state index in [0.29, 0.717) is 25.0 Å². The molecular formula is C13H20O3. The van der Waals surface area contributed by atoms with E-state index in [0.717, 1.165) is 12.8 Å². The number of hydrogen-bond acceptors (Lipinski definition) is 3. The Hall–Kier alpha value is -0.830. The molecule has 0 bridgehead atoms. The molecule has 1 N–H and O–H groups in total. The number of carbonyl (C=O) groups is 1. The van der Waals surface area contributed by atoms with E-state index in [2.05, 4.69) is 0 Å². The zero-order valence-corrected chi connectivity index (χ0v) is 10.3. The highest BCUT2D eigenvalue weighted by atomic mass is 16.5. The van der Waals surface area contributed by atoms with Gasteiger partial charge in [-0.2, -0.15) is 0 Å². The van der Waals surface area contributed by atoms with Crippen LogP contribution in [-0.4, -0.2) is 23.1 Å². The Morgan fingerprint density at radius 1 is 1.25 bits per heavy atom. The minimum Gasteiger partial charge on any atom is -0.512 e. The van der Waals surface area contributed by atoms with Gasteiger partial charge in [0.2, 0.25) is 0 Å². The van der Waals surface area contributed by atoms with E-state index in [-0.39, 0.29) is 17.0 Å². The third kappa shape index (κ3) is 1.88. The SMILES string of the molecule is CC1(C)CC(=O)C(C2(C)CCCO2)=C(O)C1.